The number of nitrogens with zero attached hydrogens (tertiary/aromatic N) is 1. The number of guanidine groups is 1. The maximum absolute atomic E-state index is 13.2. The van der Waals surface area contributed by atoms with Crippen LogP contribution in [0.1, 0.15) is 45.1 Å². The largest absolute Gasteiger partial charge is 0.480 e. The van der Waals surface area contributed by atoms with Crippen LogP contribution in [0.25, 0.3) is 0 Å². The highest BCUT2D eigenvalue weighted by Gasteiger charge is 2.32. The van der Waals surface area contributed by atoms with Crippen LogP contribution >= 0.6 is 0 Å². The molecule has 1 heterocycles. The van der Waals surface area contributed by atoms with Crippen molar-refractivity contribution in [2.45, 2.75) is 70.1 Å². The monoisotopic (exact) mass is 517 g/mol. The Labute approximate surface area is 217 Å². The van der Waals surface area contributed by atoms with Gasteiger partial charge in [-0.25, -0.2) is 4.79 Å². The lowest BCUT2D eigenvalue weighted by Crippen LogP contribution is -2.58. The lowest BCUT2D eigenvalue weighted by atomic mass is 10.0. The van der Waals surface area contributed by atoms with Crippen molar-refractivity contribution in [2.24, 2.45) is 22.4 Å². The molecule has 4 unspecified atom stereocenters. The number of rotatable bonds is 14. The molecule has 0 saturated carbocycles. The number of aliphatic imine (C=N–C) groups is 1. The second-order valence-electron chi connectivity index (χ2n) is 9.48. The SMILES string of the molecule is CC(C)C(NC(=O)C1CCCN1)C(=O)NC(CCCN=C(N)N)C(=O)NC(Cc1ccccc1)C(=O)O. The number of carbonyl (C=O) groups is 4. The van der Waals surface area contributed by atoms with E-state index in [9.17, 15) is 24.3 Å². The standard InChI is InChI=1S/C25H39N7O5/c1-15(2)20(32-21(33)17-10-6-12-28-17)23(35)30-18(11-7-13-29-25(26)27)22(34)31-19(24(36)37)14-16-8-4-3-5-9-16/h3-5,8-9,15,17-20,28H,6-7,10-14H2,1-2H3,(H,30,35)(H,31,34)(H,32,33)(H,36,37)(H4,26,27,29). The Kier molecular flexibility index (Phi) is 11.8. The zero-order valence-electron chi connectivity index (χ0n) is 21.4. The summed E-state index contributed by atoms with van der Waals surface area (Å²) in [5.74, 6) is -2.98. The summed E-state index contributed by atoms with van der Waals surface area (Å²) in [4.78, 5) is 54.7. The normalized spacial score (nSPS) is 17.3. The quantitative estimate of drug-likeness (QED) is 0.0946. The van der Waals surface area contributed by atoms with E-state index in [4.69, 9.17) is 11.5 Å². The average molecular weight is 518 g/mol. The van der Waals surface area contributed by atoms with E-state index in [1.54, 1.807) is 38.1 Å². The third kappa shape index (κ3) is 10.1. The summed E-state index contributed by atoms with van der Waals surface area (Å²) in [7, 11) is 0. The van der Waals surface area contributed by atoms with E-state index in [0.29, 0.717) is 12.8 Å². The molecule has 0 spiro atoms. The highest BCUT2D eigenvalue weighted by molar-refractivity contribution is 5.94. The lowest BCUT2D eigenvalue weighted by Gasteiger charge is -2.27. The van der Waals surface area contributed by atoms with Gasteiger partial charge in [0.25, 0.3) is 0 Å². The molecular formula is C25H39N7O5. The molecule has 204 valence electrons. The Bertz CT molecular complexity index is 944. The fraction of sp³-hybridized carbons (Fsp3) is 0.560. The molecule has 1 aromatic rings. The number of nitrogens with two attached hydrogens (primary N) is 2. The van der Waals surface area contributed by atoms with Gasteiger partial charge in [-0.3, -0.25) is 19.4 Å². The van der Waals surface area contributed by atoms with Crippen LogP contribution in [0.3, 0.4) is 0 Å². The van der Waals surface area contributed by atoms with Crippen LogP contribution in [0.2, 0.25) is 0 Å². The molecule has 3 amide bonds. The second kappa shape index (κ2) is 14.8. The molecule has 37 heavy (non-hydrogen) atoms. The number of amides is 3. The number of hydrogen-bond donors (Lipinski definition) is 7. The number of hydrogen-bond acceptors (Lipinski definition) is 6. The smallest absolute Gasteiger partial charge is 0.326 e. The summed E-state index contributed by atoms with van der Waals surface area (Å²) in [5.41, 5.74) is 11.5. The Morgan fingerprint density at radius 1 is 1.05 bits per heavy atom. The van der Waals surface area contributed by atoms with Crippen LogP contribution in [0.5, 0.6) is 0 Å². The minimum atomic E-state index is -1.20. The number of benzene rings is 1. The molecule has 4 atom stereocenters. The van der Waals surface area contributed by atoms with Gasteiger partial charge in [-0.2, -0.15) is 0 Å². The first-order valence-electron chi connectivity index (χ1n) is 12.5. The molecule has 1 aliphatic rings. The molecule has 2 rings (SSSR count). The number of carboxylic acid groups (broad SMARTS) is 1. The van der Waals surface area contributed by atoms with E-state index < -0.39 is 35.9 Å². The third-order valence-electron chi connectivity index (χ3n) is 6.10. The Hall–Kier alpha value is -3.67. The second-order valence-corrected chi connectivity index (χ2v) is 9.48. The molecule has 1 aliphatic heterocycles. The summed E-state index contributed by atoms with van der Waals surface area (Å²) >= 11 is 0. The van der Waals surface area contributed by atoms with Crippen LogP contribution in [0.15, 0.2) is 35.3 Å². The number of aliphatic carboxylic acids is 1. The molecule has 0 bridgehead atoms. The van der Waals surface area contributed by atoms with Gasteiger partial charge in [-0.1, -0.05) is 44.2 Å². The highest BCUT2D eigenvalue weighted by atomic mass is 16.4. The Morgan fingerprint density at radius 3 is 2.30 bits per heavy atom. The summed E-state index contributed by atoms with van der Waals surface area (Å²) in [6, 6.07) is 5.44. The molecule has 0 aromatic heterocycles. The maximum Gasteiger partial charge on any atom is 0.326 e. The Morgan fingerprint density at radius 2 is 1.73 bits per heavy atom. The Balaban J connectivity index is 2.13. The van der Waals surface area contributed by atoms with Crippen molar-refractivity contribution < 1.29 is 24.3 Å². The molecule has 12 heteroatoms. The van der Waals surface area contributed by atoms with Gasteiger partial charge in [0.2, 0.25) is 17.7 Å². The van der Waals surface area contributed by atoms with Crippen molar-refractivity contribution in [3.05, 3.63) is 35.9 Å². The van der Waals surface area contributed by atoms with Crippen LogP contribution < -0.4 is 32.7 Å². The average Bonchev–Trinajstić information content (AvgIpc) is 3.39. The van der Waals surface area contributed by atoms with Gasteiger partial charge in [0.1, 0.15) is 18.1 Å². The zero-order valence-corrected chi connectivity index (χ0v) is 21.4. The fourth-order valence-electron chi connectivity index (χ4n) is 4.05. The van der Waals surface area contributed by atoms with Crippen molar-refractivity contribution >= 4 is 29.7 Å². The highest BCUT2D eigenvalue weighted by Crippen LogP contribution is 2.10. The minimum Gasteiger partial charge on any atom is -0.480 e. The first-order chi connectivity index (χ1) is 17.6. The van der Waals surface area contributed by atoms with Crippen LogP contribution in [0.4, 0.5) is 0 Å². The predicted octanol–water partition coefficient (Wildman–Crippen LogP) is -0.770. The van der Waals surface area contributed by atoms with E-state index >= 15 is 0 Å². The number of carbonyl (C=O) groups excluding carboxylic acids is 3. The summed E-state index contributed by atoms with van der Waals surface area (Å²) in [6.07, 6.45) is 2.16. The van der Waals surface area contributed by atoms with Gasteiger partial charge >= 0.3 is 5.97 Å². The zero-order chi connectivity index (χ0) is 27.4. The van der Waals surface area contributed by atoms with Gasteiger partial charge in [-0.05, 0) is 43.7 Å². The summed E-state index contributed by atoms with van der Waals surface area (Å²) in [5, 5.41) is 20.8. The number of carboxylic acids is 1. The molecule has 12 nitrogen and oxygen atoms in total. The van der Waals surface area contributed by atoms with Crippen LogP contribution in [-0.2, 0) is 25.6 Å². The van der Waals surface area contributed by atoms with Gasteiger partial charge in [0, 0.05) is 13.0 Å². The summed E-state index contributed by atoms with van der Waals surface area (Å²) < 4.78 is 0. The maximum atomic E-state index is 13.2. The minimum absolute atomic E-state index is 0.0790. The molecule has 1 aromatic carbocycles. The molecule has 1 fully saturated rings. The van der Waals surface area contributed by atoms with Gasteiger partial charge in [0.05, 0.1) is 6.04 Å². The topological polar surface area (TPSA) is 201 Å². The fourth-order valence-corrected chi connectivity index (χ4v) is 4.05. The number of nitrogens with one attached hydrogen (secondary N) is 4. The van der Waals surface area contributed by atoms with Gasteiger partial charge in [-0.15, -0.1) is 0 Å². The molecule has 9 N–H and O–H groups in total. The van der Waals surface area contributed by atoms with Crippen LogP contribution in [0, 0.1) is 5.92 Å². The van der Waals surface area contributed by atoms with Crippen LogP contribution in [-0.4, -0.2) is 72.0 Å². The first-order valence-corrected chi connectivity index (χ1v) is 12.5. The van der Waals surface area contributed by atoms with Crippen molar-refractivity contribution in [3.8, 4) is 0 Å². The van der Waals surface area contributed by atoms with Crippen molar-refractivity contribution in [1.82, 2.24) is 21.3 Å². The van der Waals surface area contributed by atoms with Gasteiger partial charge in [0.15, 0.2) is 5.96 Å². The van der Waals surface area contributed by atoms with E-state index in [1.165, 1.54) is 0 Å². The van der Waals surface area contributed by atoms with Crippen molar-refractivity contribution in [1.29, 1.82) is 0 Å². The van der Waals surface area contributed by atoms with Crippen molar-refractivity contribution in [2.75, 3.05) is 13.1 Å². The molecule has 0 radical (unpaired) electrons. The summed E-state index contributed by atoms with van der Waals surface area (Å²) in [6.45, 7) is 4.55. The third-order valence-corrected chi connectivity index (χ3v) is 6.10. The molecule has 1 saturated heterocycles. The van der Waals surface area contributed by atoms with Gasteiger partial charge < -0.3 is 37.8 Å². The molecule has 0 aliphatic carbocycles. The van der Waals surface area contributed by atoms with Crippen molar-refractivity contribution in [3.63, 3.8) is 0 Å². The van der Waals surface area contributed by atoms with E-state index in [-0.39, 0.29) is 43.2 Å². The van der Waals surface area contributed by atoms with E-state index in [2.05, 4.69) is 26.3 Å². The lowest BCUT2D eigenvalue weighted by molar-refractivity contribution is -0.142. The first kappa shape index (κ1) is 29.6. The predicted molar refractivity (Wildman–Crippen MR) is 139 cm³/mol. The van der Waals surface area contributed by atoms with E-state index in [1.807, 2.05) is 6.07 Å². The molecular weight excluding hydrogens is 478 g/mol. The van der Waals surface area contributed by atoms with E-state index in [0.717, 1.165) is 18.5 Å².